The molecule has 1 N–H and O–H groups in total. The number of likely N-dealkylation sites (tertiary alicyclic amines) is 1. The third-order valence-electron chi connectivity index (χ3n) is 6.35. The number of rotatable bonds is 4. The normalized spacial score (nSPS) is 16.2. The van der Waals surface area contributed by atoms with Crippen LogP contribution in [-0.2, 0) is 7.05 Å². The minimum atomic E-state index is -0.129. The molecule has 1 fully saturated rings. The Hall–Kier alpha value is -2.63. The Morgan fingerprint density at radius 3 is 2.76 bits per heavy atom. The van der Waals surface area contributed by atoms with E-state index in [1.165, 1.54) is 38.1 Å². The standard InChI is InChI=1S/C24H27N3O2/c1-16-20-5-8-25-15-17(20)13-22-21-14-19(3-4-23(21)26(2)24(16)22)29-12-11-27-9-6-18(28)7-10-27/h3-5,8,13-15,18,28H,6-7,9-12H2,1-2H3. The number of hydrogen-bond acceptors (Lipinski definition) is 4. The number of aliphatic hydroxyl groups excluding tert-OH is 1. The van der Waals surface area contributed by atoms with Crippen molar-refractivity contribution >= 4 is 32.6 Å². The maximum atomic E-state index is 9.64. The van der Waals surface area contributed by atoms with Gasteiger partial charge in [-0.15, -0.1) is 0 Å². The number of aliphatic hydroxyl groups is 1. The minimum Gasteiger partial charge on any atom is -0.492 e. The van der Waals surface area contributed by atoms with Gasteiger partial charge in [-0.05, 0) is 61.0 Å². The molecule has 4 aromatic rings. The second kappa shape index (κ2) is 7.32. The summed E-state index contributed by atoms with van der Waals surface area (Å²) in [7, 11) is 2.13. The highest BCUT2D eigenvalue weighted by molar-refractivity contribution is 6.14. The van der Waals surface area contributed by atoms with Gasteiger partial charge in [-0.1, -0.05) is 0 Å². The topological polar surface area (TPSA) is 50.5 Å². The largest absolute Gasteiger partial charge is 0.492 e. The molecule has 0 bridgehead atoms. The molecule has 1 aliphatic heterocycles. The highest BCUT2D eigenvalue weighted by Gasteiger charge is 2.17. The van der Waals surface area contributed by atoms with E-state index in [0.717, 1.165) is 38.2 Å². The lowest BCUT2D eigenvalue weighted by Crippen LogP contribution is -2.38. The number of aromatic nitrogens is 2. The average Bonchev–Trinajstić information content (AvgIpc) is 3.01. The Morgan fingerprint density at radius 1 is 1.10 bits per heavy atom. The van der Waals surface area contributed by atoms with Gasteiger partial charge < -0.3 is 14.4 Å². The number of piperidine rings is 1. The predicted molar refractivity (Wildman–Crippen MR) is 118 cm³/mol. The molecule has 2 aromatic heterocycles. The van der Waals surface area contributed by atoms with E-state index in [4.69, 9.17) is 4.74 Å². The first-order valence-electron chi connectivity index (χ1n) is 10.4. The average molecular weight is 389 g/mol. The molecule has 150 valence electrons. The Balaban J connectivity index is 1.45. The van der Waals surface area contributed by atoms with Crippen molar-refractivity contribution in [2.24, 2.45) is 7.05 Å². The second-order valence-electron chi connectivity index (χ2n) is 8.15. The summed E-state index contributed by atoms with van der Waals surface area (Å²) in [5.41, 5.74) is 3.76. The van der Waals surface area contributed by atoms with Crippen LogP contribution in [0.3, 0.4) is 0 Å². The first-order valence-corrected chi connectivity index (χ1v) is 10.4. The number of ether oxygens (including phenoxy) is 1. The number of fused-ring (bicyclic) bond motifs is 4. The maximum absolute atomic E-state index is 9.64. The Kier molecular flexibility index (Phi) is 4.64. The Bertz CT molecular complexity index is 1190. The first kappa shape index (κ1) is 18.4. The lowest BCUT2D eigenvalue weighted by Gasteiger charge is -2.29. The van der Waals surface area contributed by atoms with Crippen LogP contribution >= 0.6 is 0 Å². The van der Waals surface area contributed by atoms with Crippen LogP contribution in [0, 0.1) is 6.92 Å². The lowest BCUT2D eigenvalue weighted by atomic mass is 10.0. The zero-order valence-corrected chi connectivity index (χ0v) is 17.1. The summed E-state index contributed by atoms with van der Waals surface area (Å²) >= 11 is 0. The molecule has 5 nitrogen and oxygen atoms in total. The molecule has 0 aliphatic carbocycles. The molecule has 0 spiro atoms. The maximum Gasteiger partial charge on any atom is 0.120 e. The SMILES string of the molecule is Cc1c2ccncc2cc2c3cc(OCCN4CCC(O)CC4)ccc3n(C)c12. The van der Waals surface area contributed by atoms with E-state index in [1.807, 2.05) is 12.4 Å². The van der Waals surface area contributed by atoms with Crippen LogP contribution in [0.15, 0.2) is 42.7 Å². The highest BCUT2D eigenvalue weighted by Crippen LogP contribution is 2.36. The third kappa shape index (κ3) is 3.24. The van der Waals surface area contributed by atoms with Crippen molar-refractivity contribution in [2.45, 2.75) is 25.9 Å². The van der Waals surface area contributed by atoms with Crippen LogP contribution in [0.2, 0.25) is 0 Å². The zero-order chi connectivity index (χ0) is 20.0. The molecule has 0 atom stereocenters. The molecule has 5 heteroatoms. The number of hydrogen-bond donors (Lipinski definition) is 1. The molecule has 0 unspecified atom stereocenters. The van der Waals surface area contributed by atoms with Gasteiger partial charge in [0.15, 0.2) is 0 Å². The van der Waals surface area contributed by atoms with Crippen LogP contribution in [0.5, 0.6) is 5.75 Å². The number of nitrogens with zero attached hydrogens (tertiary/aromatic N) is 3. The molecule has 3 heterocycles. The van der Waals surface area contributed by atoms with Crippen LogP contribution in [0.25, 0.3) is 32.6 Å². The van der Waals surface area contributed by atoms with Crippen molar-refractivity contribution < 1.29 is 9.84 Å². The van der Waals surface area contributed by atoms with Gasteiger partial charge in [0, 0.05) is 60.8 Å². The fourth-order valence-electron chi connectivity index (χ4n) is 4.72. The van der Waals surface area contributed by atoms with Gasteiger partial charge in [0.25, 0.3) is 0 Å². The number of aryl methyl sites for hydroxylation is 2. The summed E-state index contributed by atoms with van der Waals surface area (Å²) in [4.78, 5) is 6.67. The molecule has 0 saturated carbocycles. The van der Waals surface area contributed by atoms with Gasteiger partial charge >= 0.3 is 0 Å². The fourth-order valence-corrected chi connectivity index (χ4v) is 4.72. The van der Waals surface area contributed by atoms with Gasteiger partial charge in [0.1, 0.15) is 12.4 Å². The van der Waals surface area contributed by atoms with Crippen LogP contribution in [0.4, 0.5) is 0 Å². The van der Waals surface area contributed by atoms with E-state index < -0.39 is 0 Å². The predicted octanol–water partition coefficient (Wildman–Crippen LogP) is 4.02. The third-order valence-corrected chi connectivity index (χ3v) is 6.35. The van der Waals surface area contributed by atoms with Crippen molar-refractivity contribution in [3.8, 4) is 5.75 Å². The van der Waals surface area contributed by atoms with E-state index in [-0.39, 0.29) is 6.10 Å². The Morgan fingerprint density at radius 2 is 1.93 bits per heavy atom. The number of benzene rings is 2. The molecule has 5 rings (SSSR count). The number of pyridine rings is 1. The van der Waals surface area contributed by atoms with Gasteiger partial charge in [0.05, 0.1) is 11.6 Å². The van der Waals surface area contributed by atoms with Gasteiger partial charge in [0.2, 0.25) is 0 Å². The molecular formula is C24H27N3O2. The van der Waals surface area contributed by atoms with Crippen molar-refractivity contribution in [2.75, 3.05) is 26.2 Å². The van der Waals surface area contributed by atoms with E-state index in [0.29, 0.717) is 6.61 Å². The van der Waals surface area contributed by atoms with Gasteiger partial charge in [-0.3, -0.25) is 9.88 Å². The summed E-state index contributed by atoms with van der Waals surface area (Å²) in [6.07, 6.45) is 5.40. The molecule has 1 saturated heterocycles. The van der Waals surface area contributed by atoms with E-state index in [1.54, 1.807) is 0 Å². The molecule has 0 amide bonds. The van der Waals surface area contributed by atoms with Crippen LogP contribution in [-0.4, -0.2) is 51.9 Å². The van der Waals surface area contributed by atoms with Crippen LogP contribution in [0.1, 0.15) is 18.4 Å². The molecule has 29 heavy (non-hydrogen) atoms. The first-order chi connectivity index (χ1) is 14.1. The van der Waals surface area contributed by atoms with E-state index in [9.17, 15) is 5.11 Å². The molecular weight excluding hydrogens is 362 g/mol. The zero-order valence-electron chi connectivity index (χ0n) is 17.1. The van der Waals surface area contributed by atoms with Crippen molar-refractivity contribution in [1.82, 2.24) is 14.5 Å². The van der Waals surface area contributed by atoms with Gasteiger partial charge in [-0.2, -0.15) is 0 Å². The molecule has 2 aromatic carbocycles. The fraction of sp³-hybridized carbons (Fsp3) is 0.375. The van der Waals surface area contributed by atoms with Crippen molar-refractivity contribution in [3.05, 3.63) is 48.3 Å². The van der Waals surface area contributed by atoms with E-state index >= 15 is 0 Å². The summed E-state index contributed by atoms with van der Waals surface area (Å²) < 4.78 is 8.37. The molecule has 1 aliphatic rings. The summed E-state index contributed by atoms with van der Waals surface area (Å²) in [6, 6.07) is 10.7. The van der Waals surface area contributed by atoms with Gasteiger partial charge in [-0.25, -0.2) is 0 Å². The second-order valence-corrected chi connectivity index (χ2v) is 8.15. The quantitative estimate of drug-likeness (QED) is 0.573. The summed E-state index contributed by atoms with van der Waals surface area (Å²) in [6.45, 7) is 5.66. The Labute approximate surface area is 170 Å². The summed E-state index contributed by atoms with van der Waals surface area (Å²) in [5, 5.41) is 14.5. The van der Waals surface area contributed by atoms with Crippen molar-refractivity contribution in [3.63, 3.8) is 0 Å². The van der Waals surface area contributed by atoms with E-state index in [2.05, 4.69) is 58.8 Å². The monoisotopic (exact) mass is 389 g/mol. The van der Waals surface area contributed by atoms with Crippen LogP contribution < -0.4 is 4.74 Å². The minimum absolute atomic E-state index is 0.129. The summed E-state index contributed by atoms with van der Waals surface area (Å²) in [5.74, 6) is 0.908. The molecule has 0 radical (unpaired) electrons. The highest BCUT2D eigenvalue weighted by atomic mass is 16.5. The smallest absolute Gasteiger partial charge is 0.120 e. The lowest BCUT2D eigenvalue weighted by molar-refractivity contribution is 0.0755. The van der Waals surface area contributed by atoms with Crippen molar-refractivity contribution in [1.29, 1.82) is 0 Å².